The standard InChI is InChI=1S/C11H17N3O2/c1-11(2)3-7-14(8-4-11)10(16)9(15)13-6-5-12/h3-4,6-8H2,1-2H3,(H,13,15). The van der Waals surface area contributed by atoms with E-state index in [1.165, 1.54) is 0 Å². The molecule has 1 saturated heterocycles. The molecule has 5 nitrogen and oxygen atoms in total. The average molecular weight is 223 g/mol. The van der Waals surface area contributed by atoms with Crippen LogP contribution in [0.2, 0.25) is 0 Å². The van der Waals surface area contributed by atoms with Crippen molar-refractivity contribution in [3.63, 3.8) is 0 Å². The summed E-state index contributed by atoms with van der Waals surface area (Å²) in [6.45, 7) is 5.43. The van der Waals surface area contributed by atoms with Crippen LogP contribution in [0, 0.1) is 16.7 Å². The monoisotopic (exact) mass is 223 g/mol. The van der Waals surface area contributed by atoms with E-state index in [2.05, 4.69) is 19.2 Å². The molecule has 16 heavy (non-hydrogen) atoms. The van der Waals surface area contributed by atoms with Crippen molar-refractivity contribution >= 4 is 11.8 Å². The number of carbonyl (C=O) groups excluding carboxylic acids is 2. The van der Waals surface area contributed by atoms with Crippen LogP contribution in [0.25, 0.3) is 0 Å². The van der Waals surface area contributed by atoms with Gasteiger partial charge in [-0.25, -0.2) is 0 Å². The summed E-state index contributed by atoms with van der Waals surface area (Å²) in [5.41, 5.74) is 0.250. The van der Waals surface area contributed by atoms with Crippen molar-refractivity contribution in [1.29, 1.82) is 5.26 Å². The largest absolute Gasteiger partial charge is 0.335 e. The number of carbonyl (C=O) groups is 2. The molecule has 88 valence electrons. The first kappa shape index (κ1) is 12.5. The van der Waals surface area contributed by atoms with Gasteiger partial charge in [-0.1, -0.05) is 13.8 Å². The lowest BCUT2D eigenvalue weighted by Gasteiger charge is -2.36. The van der Waals surface area contributed by atoms with Gasteiger partial charge in [-0.05, 0) is 18.3 Å². The van der Waals surface area contributed by atoms with Crippen LogP contribution in [-0.4, -0.2) is 36.3 Å². The summed E-state index contributed by atoms with van der Waals surface area (Å²) < 4.78 is 0. The molecule has 0 bridgehead atoms. The second kappa shape index (κ2) is 4.97. The SMILES string of the molecule is CC1(C)CCN(C(=O)C(=O)NCC#N)CC1. The number of hydrogen-bond donors (Lipinski definition) is 1. The van der Waals surface area contributed by atoms with E-state index in [9.17, 15) is 9.59 Å². The van der Waals surface area contributed by atoms with Crippen LogP contribution in [0.15, 0.2) is 0 Å². The molecule has 1 fully saturated rings. The predicted molar refractivity (Wildman–Crippen MR) is 58.2 cm³/mol. The normalized spacial score (nSPS) is 18.7. The molecule has 0 aromatic rings. The minimum atomic E-state index is -0.679. The van der Waals surface area contributed by atoms with Crippen LogP contribution in [0.4, 0.5) is 0 Å². The quantitative estimate of drug-likeness (QED) is 0.512. The van der Waals surface area contributed by atoms with Crippen molar-refractivity contribution in [2.45, 2.75) is 26.7 Å². The number of rotatable bonds is 1. The summed E-state index contributed by atoms with van der Waals surface area (Å²) in [5, 5.41) is 10.5. The van der Waals surface area contributed by atoms with E-state index in [1.807, 2.05) is 0 Å². The molecule has 0 radical (unpaired) electrons. The lowest BCUT2D eigenvalue weighted by atomic mass is 9.82. The van der Waals surface area contributed by atoms with Gasteiger partial charge < -0.3 is 10.2 Å². The van der Waals surface area contributed by atoms with Gasteiger partial charge in [0.1, 0.15) is 6.54 Å². The minimum Gasteiger partial charge on any atom is -0.335 e. The highest BCUT2D eigenvalue weighted by atomic mass is 16.2. The molecule has 5 heteroatoms. The zero-order valence-corrected chi connectivity index (χ0v) is 9.75. The fourth-order valence-electron chi connectivity index (χ4n) is 1.65. The Morgan fingerprint density at radius 3 is 2.44 bits per heavy atom. The summed E-state index contributed by atoms with van der Waals surface area (Å²) >= 11 is 0. The Labute approximate surface area is 95.4 Å². The van der Waals surface area contributed by atoms with Gasteiger partial charge in [0.15, 0.2) is 0 Å². The molecule has 1 heterocycles. The Morgan fingerprint density at radius 2 is 1.94 bits per heavy atom. The van der Waals surface area contributed by atoms with Gasteiger partial charge in [0.05, 0.1) is 6.07 Å². The van der Waals surface area contributed by atoms with Crippen LogP contribution >= 0.6 is 0 Å². The maximum absolute atomic E-state index is 11.6. The molecule has 1 rings (SSSR count). The number of nitrogens with one attached hydrogen (secondary N) is 1. The Morgan fingerprint density at radius 1 is 1.38 bits per heavy atom. The van der Waals surface area contributed by atoms with Crippen LogP contribution in [0.1, 0.15) is 26.7 Å². The number of amides is 2. The topological polar surface area (TPSA) is 73.2 Å². The van der Waals surface area contributed by atoms with Crippen molar-refractivity contribution in [3.8, 4) is 6.07 Å². The number of nitriles is 1. The number of hydrogen-bond acceptors (Lipinski definition) is 3. The molecule has 0 aromatic heterocycles. The molecular weight excluding hydrogens is 206 g/mol. The Bertz CT molecular complexity index is 321. The molecule has 1 aliphatic heterocycles. The Balaban J connectivity index is 2.45. The maximum Gasteiger partial charge on any atom is 0.311 e. The van der Waals surface area contributed by atoms with E-state index in [0.29, 0.717) is 13.1 Å². The summed E-state index contributed by atoms with van der Waals surface area (Å²) in [5.74, 6) is -1.20. The summed E-state index contributed by atoms with van der Waals surface area (Å²) in [7, 11) is 0. The van der Waals surface area contributed by atoms with E-state index in [-0.39, 0.29) is 12.0 Å². The van der Waals surface area contributed by atoms with E-state index in [1.54, 1.807) is 11.0 Å². The molecule has 0 aliphatic carbocycles. The molecule has 0 aromatic carbocycles. The van der Waals surface area contributed by atoms with Crippen LogP contribution in [0.3, 0.4) is 0 Å². The average Bonchev–Trinajstić information content (AvgIpc) is 2.25. The third kappa shape index (κ3) is 3.23. The smallest absolute Gasteiger partial charge is 0.311 e. The zero-order chi connectivity index (χ0) is 12.2. The van der Waals surface area contributed by atoms with Crippen molar-refractivity contribution < 1.29 is 9.59 Å². The summed E-state index contributed by atoms with van der Waals surface area (Å²) in [6.07, 6.45) is 1.81. The van der Waals surface area contributed by atoms with Gasteiger partial charge >= 0.3 is 11.8 Å². The fourth-order valence-corrected chi connectivity index (χ4v) is 1.65. The van der Waals surface area contributed by atoms with E-state index < -0.39 is 11.8 Å². The first-order chi connectivity index (χ1) is 7.46. The van der Waals surface area contributed by atoms with Gasteiger partial charge in [0.2, 0.25) is 0 Å². The minimum absolute atomic E-state index is 0.121. The second-order valence-electron chi connectivity index (χ2n) is 4.80. The number of nitrogens with zero attached hydrogens (tertiary/aromatic N) is 2. The Hall–Kier alpha value is -1.57. The Kier molecular flexibility index (Phi) is 3.88. The predicted octanol–water partition coefficient (Wildman–Crippen LogP) is 0.275. The molecule has 1 N–H and O–H groups in total. The highest BCUT2D eigenvalue weighted by Gasteiger charge is 2.30. The molecule has 1 aliphatic rings. The van der Waals surface area contributed by atoms with Crippen molar-refractivity contribution in [1.82, 2.24) is 10.2 Å². The second-order valence-corrected chi connectivity index (χ2v) is 4.80. The molecule has 2 amide bonds. The molecule has 0 unspecified atom stereocenters. The van der Waals surface area contributed by atoms with Crippen molar-refractivity contribution in [2.24, 2.45) is 5.41 Å². The lowest BCUT2D eigenvalue weighted by Crippen LogP contribution is -2.47. The van der Waals surface area contributed by atoms with E-state index in [4.69, 9.17) is 5.26 Å². The number of piperidine rings is 1. The fraction of sp³-hybridized carbons (Fsp3) is 0.727. The highest BCUT2D eigenvalue weighted by molar-refractivity contribution is 6.35. The van der Waals surface area contributed by atoms with Gasteiger partial charge in [-0.2, -0.15) is 5.26 Å². The van der Waals surface area contributed by atoms with Crippen molar-refractivity contribution in [3.05, 3.63) is 0 Å². The van der Waals surface area contributed by atoms with E-state index in [0.717, 1.165) is 12.8 Å². The van der Waals surface area contributed by atoms with Crippen LogP contribution in [0.5, 0.6) is 0 Å². The third-order valence-electron chi connectivity index (χ3n) is 2.93. The highest BCUT2D eigenvalue weighted by Crippen LogP contribution is 2.29. The van der Waals surface area contributed by atoms with Gasteiger partial charge in [-0.3, -0.25) is 9.59 Å². The van der Waals surface area contributed by atoms with Crippen LogP contribution < -0.4 is 5.32 Å². The van der Waals surface area contributed by atoms with Gasteiger partial charge in [-0.15, -0.1) is 0 Å². The molecular formula is C11H17N3O2. The first-order valence-corrected chi connectivity index (χ1v) is 5.40. The third-order valence-corrected chi connectivity index (χ3v) is 2.93. The van der Waals surface area contributed by atoms with Crippen LogP contribution in [-0.2, 0) is 9.59 Å². The summed E-state index contributed by atoms with van der Waals surface area (Å²) in [6, 6.07) is 1.77. The van der Waals surface area contributed by atoms with Gasteiger partial charge in [0, 0.05) is 13.1 Å². The zero-order valence-electron chi connectivity index (χ0n) is 9.75. The number of likely N-dealkylation sites (tertiary alicyclic amines) is 1. The van der Waals surface area contributed by atoms with E-state index >= 15 is 0 Å². The molecule has 0 spiro atoms. The maximum atomic E-state index is 11.6. The van der Waals surface area contributed by atoms with Crippen molar-refractivity contribution in [2.75, 3.05) is 19.6 Å². The first-order valence-electron chi connectivity index (χ1n) is 5.40. The molecule has 0 atom stereocenters. The molecule has 0 saturated carbocycles. The van der Waals surface area contributed by atoms with Gasteiger partial charge in [0.25, 0.3) is 0 Å². The lowest BCUT2D eigenvalue weighted by molar-refractivity contribution is -0.147. The summed E-state index contributed by atoms with van der Waals surface area (Å²) in [4.78, 5) is 24.5.